The van der Waals surface area contributed by atoms with Crippen molar-refractivity contribution in [3.8, 4) is 11.3 Å². The second kappa shape index (κ2) is 5.10. The SMILES string of the molecule is Cc1nc(-c2ccc3c(c2)CCCN3C)c(N)n1C(C)C. The van der Waals surface area contributed by atoms with Gasteiger partial charge >= 0.3 is 0 Å². The monoisotopic (exact) mass is 284 g/mol. The number of aromatic nitrogens is 2. The van der Waals surface area contributed by atoms with Gasteiger partial charge in [-0.25, -0.2) is 4.98 Å². The molecule has 0 bridgehead atoms. The van der Waals surface area contributed by atoms with Crippen molar-refractivity contribution < 1.29 is 0 Å². The highest BCUT2D eigenvalue weighted by Gasteiger charge is 2.18. The zero-order valence-electron chi connectivity index (χ0n) is 13.3. The first-order chi connectivity index (χ1) is 9.99. The van der Waals surface area contributed by atoms with Crippen molar-refractivity contribution >= 4 is 11.5 Å². The molecule has 2 aromatic rings. The van der Waals surface area contributed by atoms with Crippen LogP contribution in [0.4, 0.5) is 11.5 Å². The molecule has 1 aromatic heterocycles. The molecule has 2 N–H and O–H groups in total. The molecule has 3 rings (SSSR count). The Morgan fingerprint density at radius 2 is 2.05 bits per heavy atom. The Hall–Kier alpha value is -1.97. The van der Waals surface area contributed by atoms with E-state index in [1.165, 1.54) is 17.7 Å². The lowest BCUT2D eigenvalue weighted by Crippen LogP contribution is -2.24. The van der Waals surface area contributed by atoms with E-state index in [1.54, 1.807) is 0 Å². The van der Waals surface area contributed by atoms with Crippen LogP contribution in [0.15, 0.2) is 18.2 Å². The third kappa shape index (κ3) is 2.28. The lowest BCUT2D eigenvalue weighted by Gasteiger charge is -2.27. The zero-order chi connectivity index (χ0) is 15.1. The van der Waals surface area contributed by atoms with Gasteiger partial charge in [-0.2, -0.15) is 0 Å². The summed E-state index contributed by atoms with van der Waals surface area (Å²) in [6.07, 6.45) is 2.35. The van der Waals surface area contributed by atoms with Crippen molar-refractivity contribution in [2.75, 3.05) is 24.2 Å². The molecule has 0 unspecified atom stereocenters. The van der Waals surface area contributed by atoms with E-state index in [9.17, 15) is 0 Å². The summed E-state index contributed by atoms with van der Waals surface area (Å²) in [7, 11) is 2.16. The van der Waals surface area contributed by atoms with E-state index >= 15 is 0 Å². The van der Waals surface area contributed by atoms with E-state index in [1.807, 2.05) is 6.92 Å². The molecule has 0 saturated carbocycles. The Labute approximate surface area is 126 Å². The van der Waals surface area contributed by atoms with Gasteiger partial charge in [-0.3, -0.25) is 0 Å². The maximum Gasteiger partial charge on any atom is 0.131 e. The summed E-state index contributed by atoms with van der Waals surface area (Å²) in [5.74, 6) is 1.75. The largest absolute Gasteiger partial charge is 0.383 e. The lowest BCUT2D eigenvalue weighted by molar-refractivity contribution is 0.590. The van der Waals surface area contributed by atoms with Gasteiger partial charge in [0.05, 0.1) is 0 Å². The van der Waals surface area contributed by atoms with Crippen molar-refractivity contribution in [1.29, 1.82) is 0 Å². The quantitative estimate of drug-likeness (QED) is 0.919. The van der Waals surface area contributed by atoms with E-state index in [-0.39, 0.29) is 0 Å². The van der Waals surface area contributed by atoms with Crippen LogP contribution in [0.25, 0.3) is 11.3 Å². The number of imidazole rings is 1. The fourth-order valence-corrected chi connectivity index (χ4v) is 3.36. The van der Waals surface area contributed by atoms with Crippen LogP contribution in [-0.2, 0) is 6.42 Å². The van der Waals surface area contributed by atoms with Gasteiger partial charge in [0.1, 0.15) is 17.3 Å². The average Bonchev–Trinajstić information content (AvgIpc) is 2.74. The normalized spacial score (nSPS) is 14.6. The molecule has 4 nitrogen and oxygen atoms in total. The Bertz CT molecular complexity index is 670. The lowest BCUT2D eigenvalue weighted by atomic mass is 9.98. The molecule has 0 atom stereocenters. The van der Waals surface area contributed by atoms with E-state index in [0.717, 1.165) is 35.9 Å². The molecule has 4 heteroatoms. The maximum absolute atomic E-state index is 6.33. The van der Waals surface area contributed by atoms with Crippen molar-refractivity contribution in [1.82, 2.24) is 9.55 Å². The van der Waals surface area contributed by atoms with Gasteiger partial charge in [0.2, 0.25) is 0 Å². The topological polar surface area (TPSA) is 47.1 Å². The van der Waals surface area contributed by atoms with Crippen LogP contribution < -0.4 is 10.6 Å². The highest BCUT2D eigenvalue weighted by molar-refractivity contribution is 5.74. The number of nitrogen functional groups attached to an aromatic ring is 1. The molecule has 2 heterocycles. The summed E-state index contributed by atoms with van der Waals surface area (Å²) in [6, 6.07) is 6.93. The van der Waals surface area contributed by atoms with Gasteiger partial charge in [0.15, 0.2) is 0 Å². The number of nitrogens with two attached hydrogens (primary N) is 1. The number of anilines is 2. The molecule has 0 aliphatic carbocycles. The molecule has 112 valence electrons. The van der Waals surface area contributed by atoms with Crippen molar-refractivity contribution in [2.24, 2.45) is 0 Å². The van der Waals surface area contributed by atoms with Crippen molar-refractivity contribution in [3.63, 3.8) is 0 Å². The van der Waals surface area contributed by atoms with Gasteiger partial charge in [0.25, 0.3) is 0 Å². The van der Waals surface area contributed by atoms with Gasteiger partial charge in [-0.15, -0.1) is 0 Å². The fraction of sp³-hybridized carbons (Fsp3) is 0.471. The molecule has 0 radical (unpaired) electrons. The molecule has 0 amide bonds. The molecular formula is C17H24N4. The molecule has 0 saturated heterocycles. The first kappa shape index (κ1) is 14.0. The summed E-state index contributed by atoms with van der Waals surface area (Å²) in [6.45, 7) is 7.43. The van der Waals surface area contributed by atoms with E-state index in [4.69, 9.17) is 10.7 Å². The molecule has 0 spiro atoms. The van der Waals surface area contributed by atoms with Crippen molar-refractivity contribution in [2.45, 2.75) is 39.7 Å². The number of benzene rings is 1. The van der Waals surface area contributed by atoms with Gasteiger partial charge in [0, 0.05) is 30.9 Å². The van der Waals surface area contributed by atoms with Crippen LogP contribution in [-0.4, -0.2) is 23.1 Å². The summed E-state index contributed by atoms with van der Waals surface area (Å²) in [5.41, 5.74) is 11.1. The summed E-state index contributed by atoms with van der Waals surface area (Å²) in [4.78, 5) is 7.02. The van der Waals surface area contributed by atoms with E-state index in [0.29, 0.717) is 6.04 Å². The highest BCUT2D eigenvalue weighted by atomic mass is 15.2. The van der Waals surface area contributed by atoms with Crippen LogP contribution in [0.3, 0.4) is 0 Å². The van der Waals surface area contributed by atoms with E-state index in [2.05, 4.69) is 48.6 Å². The minimum atomic E-state index is 0.329. The predicted molar refractivity (Wildman–Crippen MR) is 88.8 cm³/mol. The van der Waals surface area contributed by atoms with Gasteiger partial charge < -0.3 is 15.2 Å². The fourth-order valence-electron chi connectivity index (χ4n) is 3.36. The second-order valence-corrected chi connectivity index (χ2v) is 6.23. The van der Waals surface area contributed by atoms with Gasteiger partial charge in [-0.05, 0) is 51.3 Å². The third-order valence-corrected chi connectivity index (χ3v) is 4.34. The highest BCUT2D eigenvalue weighted by Crippen LogP contribution is 2.34. The molecule has 21 heavy (non-hydrogen) atoms. The van der Waals surface area contributed by atoms with E-state index < -0.39 is 0 Å². The van der Waals surface area contributed by atoms with Gasteiger partial charge in [-0.1, -0.05) is 6.07 Å². The first-order valence-corrected chi connectivity index (χ1v) is 7.67. The molecule has 1 aliphatic heterocycles. The Morgan fingerprint density at radius 3 is 2.71 bits per heavy atom. The number of hydrogen-bond donors (Lipinski definition) is 1. The molecular weight excluding hydrogens is 260 g/mol. The molecule has 1 aliphatic rings. The third-order valence-electron chi connectivity index (χ3n) is 4.34. The standard InChI is InChI=1S/C17H24N4/c1-11(2)21-12(3)19-16(17(21)18)14-7-8-15-13(10-14)6-5-9-20(15)4/h7-8,10-11H,5-6,9,18H2,1-4H3. The maximum atomic E-state index is 6.33. The second-order valence-electron chi connectivity index (χ2n) is 6.23. The molecule has 0 fully saturated rings. The summed E-state index contributed by atoms with van der Waals surface area (Å²) in [5, 5.41) is 0. The number of rotatable bonds is 2. The number of fused-ring (bicyclic) bond motifs is 1. The Morgan fingerprint density at radius 1 is 1.29 bits per heavy atom. The first-order valence-electron chi connectivity index (χ1n) is 7.67. The Balaban J connectivity index is 2.08. The van der Waals surface area contributed by atoms with Crippen LogP contribution in [0.5, 0.6) is 0 Å². The minimum absolute atomic E-state index is 0.329. The smallest absolute Gasteiger partial charge is 0.131 e. The molecule has 1 aromatic carbocycles. The van der Waals surface area contributed by atoms with Crippen LogP contribution in [0, 0.1) is 6.92 Å². The minimum Gasteiger partial charge on any atom is -0.383 e. The van der Waals surface area contributed by atoms with Crippen molar-refractivity contribution in [3.05, 3.63) is 29.6 Å². The number of hydrogen-bond acceptors (Lipinski definition) is 3. The summed E-state index contributed by atoms with van der Waals surface area (Å²) >= 11 is 0. The van der Waals surface area contributed by atoms with Crippen LogP contribution in [0.1, 0.15) is 37.7 Å². The van der Waals surface area contributed by atoms with Crippen LogP contribution >= 0.6 is 0 Å². The Kier molecular flexibility index (Phi) is 3.40. The summed E-state index contributed by atoms with van der Waals surface area (Å²) < 4.78 is 2.10. The number of aryl methyl sites for hydroxylation is 2. The number of nitrogens with zero attached hydrogens (tertiary/aromatic N) is 3. The zero-order valence-corrected chi connectivity index (χ0v) is 13.3. The average molecular weight is 284 g/mol. The van der Waals surface area contributed by atoms with Crippen LogP contribution in [0.2, 0.25) is 0 Å². The predicted octanol–water partition coefficient (Wildman–Crippen LogP) is 3.40.